The summed E-state index contributed by atoms with van der Waals surface area (Å²) in [5.41, 5.74) is 1.75. The SMILES string of the molecule is Cc1cccc(C(=O)CN2CC(C)OC(C)(C)C2)c1. The highest BCUT2D eigenvalue weighted by molar-refractivity contribution is 5.97. The van der Waals surface area contributed by atoms with Gasteiger partial charge >= 0.3 is 0 Å². The van der Waals surface area contributed by atoms with E-state index in [2.05, 4.69) is 25.7 Å². The number of ether oxygens (including phenoxy) is 1. The molecule has 0 bridgehead atoms. The zero-order valence-corrected chi connectivity index (χ0v) is 12.3. The molecule has 1 unspecified atom stereocenters. The first-order chi connectivity index (χ1) is 8.85. The standard InChI is InChI=1S/C16H23NO2/c1-12-6-5-7-14(8-12)15(18)10-17-9-13(2)19-16(3,4)11-17/h5-8,13H,9-11H2,1-4H3. The lowest BCUT2D eigenvalue weighted by Gasteiger charge is -2.41. The van der Waals surface area contributed by atoms with Crippen LogP contribution in [0, 0.1) is 6.92 Å². The fraction of sp³-hybridized carbons (Fsp3) is 0.562. The monoisotopic (exact) mass is 261 g/mol. The van der Waals surface area contributed by atoms with Gasteiger partial charge in [-0.25, -0.2) is 0 Å². The van der Waals surface area contributed by atoms with E-state index < -0.39 is 0 Å². The zero-order valence-electron chi connectivity index (χ0n) is 12.3. The predicted octanol–water partition coefficient (Wildman–Crippen LogP) is 2.68. The molecule has 1 atom stereocenters. The molecule has 0 N–H and O–H groups in total. The van der Waals surface area contributed by atoms with E-state index in [0.717, 1.165) is 24.2 Å². The first-order valence-electron chi connectivity index (χ1n) is 6.86. The van der Waals surface area contributed by atoms with Crippen molar-refractivity contribution < 1.29 is 9.53 Å². The number of benzene rings is 1. The lowest BCUT2D eigenvalue weighted by Crippen LogP contribution is -2.53. The molecule has 0 spiro atoms. The summed E-state index contributed by atoms with van der Waals surface area (Å²) in [6, 6.07) is 7.80. The summed E-state index contributed by atoms with van der Waals surface area (Å²) < 4.78 is 5.86. The fourth-order valence-electron chi connectivity index (χ4n) is 2.82. The van der Waals surface area contributed by atoms with Gasteiger partial charge in [0.25, 0.3) is 0 Å². The van der Waals surface area contributed by atoms with E-state index in [9.17, 15) is 4.79 Å². The van der Waals surface area contributed by atoms with Gasteiger partial charge in [-0.15, -0.1) is 0 Å². The molecule has 1 aliphatic rings. The molecule has 1 aromatic carbocycles. The summed E-state index contributed by atoms with van der Waals surface area (Å²) in [4.78, 5) is 14.5. The topological polar surface area (TPSA) is 29.5 Å². The van der Waals surface area contributed by atoms with Gasteiger partial charge in [0.2, 0.25) is 0 Å². The molecule has 19 heavy (non-hydrogen) atoms. The summed E-state index contributed by atoms with van der Waals surface area (Å²) in [6.07, 6.45) is 0.175. The maximum absolute atomic E-state index is 12.3. The second-order valence-corrected chi connectivity index (χ2v) is 6.15. The summed E-state index contributed by atoms with van der Waals surface area (Å²) >= 11 is 0. The van der Waals surface area contributed by atoms with Crippen molar-refractivity contribution in [3.05, 3.63) is 35.4 Å². The molecule has 0 saturated carbocycles. The number of hydrogen-bond donors (Lipinski definition) is 0. The molecular weight excluding hydrogens is 238 g/mol. The third kappa shape index (κ3) is 3.88. The predicted molar refractivity (Wildman–Crippen MR) is 76.6 cm³/mol. The first kappa shape index (κ1) is 14.2. The molecule has 1 heterocycles. The Balaban J connectivity index is 2.03. The summed E-state index contributed by atoms with van der Waals surface area (Å²) in [6.45, 7) is 10.3. The second-order valence-electron chi connectivity index (χ2n) is 6.15. The Morgan fingerprint density at radius 2 is 2.21 bits per heavy atom. The van der Waals surface area contributed by atoms with Crippen molar-refractivity contribution in [2.75, 3.05) is 19.6 Å². The minimum Gasteiger partial charge on any atom is -0.370 e. The third-order valence-corrected chi connectivity index (χ3v) is 3.35. The molecule has 1 aliphatic heterocycles. The average Bonchev–Trinajstić information content (AvgIpc) is 2.25. The van der Waals surface area contributed by atoms with Crippen molar-refractivity contribution in [2.24, 2.45) is 0 Å². The van der Waals surface area contributed by atoms with E-state index >= 15 is 0 Å². The van der Waals surface area contributed by atoms with Gasteiger partial charge in [0.05, 0.1) is 18.2 Å². The average molecular weight is 261 g/mol. The zero-order chi connectivity index (χ0) is 14.0. The molecule has 104 valence electrons. The highest BCUT2D eigenvalue weighted by atomic mass is 16.5. The molecule has 1 aromatic rings. The molecule has 0 radical (unpaired) electrons. The van der Waals surface area contributed by atoms with Crippen LogP contribution in [-0.4, -0.2) is 42.0 Å². The highest BCUT2D eigenvalue weighted by Gasteiger charge is 2.32. The number of morpholine rings is 1. The van der Waals surface area contributed by atoms with Crippen LogP contribution < -0.4 is 0 Å². The van der Waals surface area contributed by atoms with Gasteiger partial charge in [-0.2, -0.15) is 0 Å². The van der Waals surface area contributed by atoms with Crippen LogP contribution in [0.3, 0.4) is 0 Å². The molecular formula is C16H23NO2. The van der Waals surface area contributed by atoms with Crippen molar-refractivity contribution in [1.29, 1.82) is 0 Å². The van der Waals surface area contributed by atoms with Crippen molar-refractivity contribution in [3.8, 4) is 0 Å². The molecule has 0 amide bonds. The molecule has 3 heteroatoms. The Morgan fingerprint density at radius 1 is 1.47 bits per heavy atom. The maximum Gasteiger partial charge on any atom is 0.176 e. The minimum absolute atomic E-state index is 0.175. The molecule has 0 aromatic heterocycles. The van der Waals surface area contributed by atoms with Crippen LogP contribution in [0.25, 0.3) is 0 Å². The minimum atomic E-state index is -0.176. The van der Waals surface area contributed by atoms with Gasteiger partial charge in [0, 0.05) is 18.7 Å². The maximum atomic E-state index is 12.3. The Kier molecular flexibility index (Phi) is 4.07. The molecule has 3 nitrogen and oxygen atoms in total. The van der Waals surface area contributed by atoms with Gasteiger partial charge in [-0.05, 0) is 33.8 Å². The van der Waals surface area contributed by atoms with Crippen LogP contribution in [0.1, 0.15) is 36.7 Å². The van der Waals surface area contributed by atoms with Gasteiger partial charge in [-0.3, -0.25) is 9.69 Å². The largest absolute Gasteiger partial charge is 0.370 e. The van der Waals surface area contributed by atoms with Gasteiger partial charge < -0.3 is 4.74 Å². The highest BCUT2D eigenvalue weighted by Crippen LogP contribution is 2.21. The quantitative estimate of drug-likeness (QED) is 0.783. The number of carbonyl (C=O) groups is 1. The molecule has 0 aliphatic carbocycles. The Morgan fingerprint density at radius 3 is 2.84 bits per heavy atom. The summed E-state index contributed by atoms with van der Waals surface area (Å²) in [7, 11) is 0. The lowest BCUT2D eigenvalue weighted by atomic mass is 10.0. The Labute approximate surface area is 115 Å². The first-order valence-corrected chi connectivity index (χ1v) is 6.86. The van der Waals surface area contributed by atoms with E-state index in [4.69, 9.17) is 4.74 Å². The third-order valence-electron chi connectivity index (χ3n) is 3.35. The van der Waals surface area contributed by atoms with E-state index in [1.54, 1.807) is 0 Å². The number of carbonyl (C=O) groups excluding carboxylic acids is 1. The van der Waals surface area contributed by atoms with Gasteiger partial charge in [-0.1, -0.05) is 23.8 Å². The van der Waals surface area contributed by atoms with E-state index in [1.165, 1.54) is 0 Å². The van der Waals surface area contributed by atoms with Crippen molar-refractivity contribution >= 4 is 5.78 Å². The number of rotatable bonds is 3. The van der Waals surface area contributed by atoms with Gasteiger partial charge in [0.1, 0.15) is 0 Å². The number of Topliss-reactive ketones (excluding diaryl/α,β-unsaturated/α-hetero) is 1. The fourth-order valence-corrected chi connectivity index (χ4v) is 2.82. The molecule has 2 rings (SSSR count). The molecule has 1 saturated heterocycles. The number of aryl methyl sites for hydroxylation is 1. The summed E-state index contributed by atoms with van der Waals surface area (Å²) in [5.74, 6) is 0.189. The van der Waals surface area contributed by atoms with Crippen molar-refractivity contribution in [3.63, 3.8) is 0 Å². The van der Waals surface area contributed by atoms with Crippen molar-refractivity contribution in [1.82, 2.24) is 4.90 Å². The molecule has 1 fully saturated rings. The number of hydrogen-bond acceptors (Lipinski definition) is 3. The number of ketones is 1. The number of nitrogens with zero attached hydrogens (tertiary/aromatic N) is 1. The van der Waals surface area contributed by atoms with Crippen LogP contribution in [0.4, 0.5) is 0 Å². The van der Waals surface area contributed by atoms with Crippen molar-refractivity contribution in [2.45, 2.75) is 39.4 Å². The van der Waals surface area contributed by atoms with Crippen LogP contribution in [-0.2, 0) is 4.74 Å². The normalized spacial score (nSPS) is 23.3. The summed E-state index contributed by atoms with van der Waals surface area (Å²) in [5, 5.41) is 0. The van der Waals surface area contributed by atoms with Crippen LogP contribution in [0.5, 0.6) is 0 Å². The Bertz CT molecular complexity index is 468. The van der Waals surface area contributed by atoms with Crippen LogP contribution >= 0.6 is 0 Å². The van der Waals surface area contributed by atoms with E-state index in [1.807, 2.05) is 31.2 Å². The second kappa shape index (κ2) is 5.43. The van der Waals surface area contributed by atoms with Crippen LogP contribution in [0.15, 0.2) is 24.3 Å². The lowest BCUT2D eigenvalue weighted by molar-refractivity contribution is -0.126. The van der Waals surface area contributed by atoms with E-state index in [0.29, 0.717) is 6.54 Å². The van der Waals surface area contributed by atoms with E-state index in [-0.39, 0.29) is 17.5 Å². The Hall–Kier alpha value is -1.19. The van der Waals surface area contributed by atoms with Crippen LogP contribution in [0.2, 0.25) is 0 Å². The smallest absolute Gasteiger partial charge is 0.176 e. The van der Waals surface area contributed by atoms with Gasteiger partial charge in [0.15, 0.2) is 5.78 Å².